The van der Waals surface area contributed by atoms with Crippen LogP contribution in [0.25, 0.3) is 0 Å². The smallest absolute Gasteiger partial charge is 0.243 e. The predicted octanol–water partition coefficient (Wildman–Crippen LogP) is 0.923. The molecule has 110 valence electrons. The van der Waals surface area contributed by atoms with Crippen LogP contribution in [0.2, 0.25) is 0 Å². The number of aryl methyl sites for hydroxylation is 1. The molecule has 1 aliphatic rings. The molecule has 0 amide bonds. The number of benzene rings is 1. The van der Waals surface area contributed by atoms with Gasteiger partial charge in [0.05, 0.1) is 10.9 Å². The number of carboxylic acid groups (broad SMARTS) is 1. The van der Waals surface area contributed by atoms with Gasteiger partial charge in [-0.25, -0.2) is 8.42 Å². The first-order valence-corrected chi connectivity index (χ1v) is 8.19. The van der Waals surface area contributed by atoms with Crippen molar-refractivity contribution < 1.29 is 18.3 Å². The number of rotatable bonds is 3. The zero-order chi connectivity index (χ0) is 14.8. The number of carbonyl (C=O) groups is 1. The van der Waals surface area contributed by atoms with Gasteiger partial charge in [-0.1, -0.05) is 25.0 Å². The lowest BCUT2D eigenvalue weighted by molar-refractivity contribution is -0.255. The average molecular weight is 296 g/mol. The van der Waals surface area contributed by atoms with Crippen molar-refractivity contribution in [2.24, 2.45) is 0 Å². The Kier molecular flexibility index (Phi) is 4.45. The Morgan fingerprint density at radius 3 is 2.30 bits per heavy atom. The topological polar surface area (TPSA) is 77.5 Å². The molecular weight excluding hydrogens is 278 g/mol. The lowest BCUT2D eigenvalue weighted by Crippen LogP contribution is -2.32. The maximum absolute atomic E-state index is 12.6. The predicted molar refractivity (Wildman–Crippen MR) is 72.7 cm³/mol. The normalized spacial score (nSPS) is 17.6. The summed E-state index contributed by atoms with van der Waals surface area (Å²) in [4.78, 5) is 11.0. The SMILES string of the molecule is Cc1ccc(C(=O)[O-])cc1S(=O)(=O)N1CCCCCC1. The Hall–Kier alpha value is -1.40. The minimum atomic E-state index is -3.63. The van der Waals surface area contributed by atoms with Crippen LogP contribution in [0.1, 0.15) is 41.6 Å². The highest BCUT2D eigenvalue weighted by atomic mass is 32.2. The summed E-state index contributed by atoms with van der Waals surface area (Å²) in [6.07, 6.45) is 3.76. The average Bonchev–Trinajstić information content (AvgIpc) is 2.68. The van der Waals surface area contributed by atoms with Crippen molar-refractivity contribution in [3.05, 3.63) is 29.3 Å². The second-order valence-electron chi connectivity index (χ2n) is 5.09. The van der Waals surface area contributed by atoms with Crippen molar-refractivity contribution in [2.45, 2.75) is 37.5 Å². The molecule has 2 rings (SSSR count). The molecule has 0 bridgehead atoms. The fourth-order valence-electron chi connectivity index (χ4n) is 2.43. The number of carboxylic acids is 1. The van der Waals surface area contributed by atoms with Gasteiger partial charge in [0.25, 0.3) is 0 Å². The van der Waals surface area contributed by atoms with Gasteiger partial charge in [0.15, 0.2) is 0 Å². The number of hydrogen-bond acceptors (Lipinski definition) is 4. The molecule has 1 aromatic carbocycles. The summed E-state index contributed by atoms with van der Waals surface area (Å²) in [5.74, 6) is -1.36. The molecule has 0 unspecified atom stereocenters. The highest BCUT2D eigenvalue weighted by Gasteiger charge is 2.26. The van der Waals surface area contributed by atoms with Gasteiger partial charge in [0.1, 0.15) is 0 Å². The van der Waals surface area contributed by atoms with E-state index >= 15 is 0 Å². The zero-order valence-electron chi connectivity index (χ0n) is 11.5. The fourth-order valence-corrected chi connectivity index (χ4v) is 4.19. The number of aromatic carboxylic acids is 1. The molecular formula is C14H18NO4S-. The molecule has 1 aliphatic heterocycles. The number of carbonyl (C=O) groups excluding carboxylic acids is 1. The number of hydrogen-bond donors (Lipinski definition) is 0. The van der Waals surface area contributed by atoms with E-state index in [2.05, 4.69) is 0 Å². The van der Waals surface area contributed by atoms with Crippen molar-refractivity contribution in [1.29, 1.82) is 0 Å². The van der Waals surface area contributed by atoms with Crippen LogP contribution >= 0.6 is 0 Å². The maximum Gasteiger partial charge on any atom is 0.243 e. The largest absolute Gasteiger partial charge is 0.545 e. The maximum atomic E-state index is 12.6. The lowest BCUT2D eigenvalue weighted by atomic mass is 10.1. The molecule has 0 atom stereocenters. The Balaban J connectivity index is 2.42. The second-order valence-corrected chi connectivity index (χ2v) is 6.99. The van der Waals surface area contributed by atoms with E-state index in [1.54, 1.807) is 6.92 Å². The quantitative estimate of drug-likeness (QED) is 0.831. The number of sulfonamides is 1. The van der Waals surface area contributed by atoms with Gasteiger partial charge < -0.3 is 9.90 Å². The summed E-state index contributed by atoms with van der Waals surface area (Å²) in [6.45, 7) is 2.67. The minimum Gasteiger partial charge on any atom is -0.545 e. The Morgan fingerprint density at radius 1 is 1.15 bits per heavy atom. The summed E-state index contributed by atoms with van der Waals surface area (Å²) < 4.78 is 26.8. The van der Waals surface area contributed by atoms with Crippen LogP contribution in [-0.4, -0.2) is 31.8 Å². The first kappa shape index (κ1) is 15.0. The van der Waals surface area contributed by atoms with Gasteiger partial charge >= 0.3 is 0 Å². The Morgan fingerprint density at radius 2 is 1.75 bits per heavy atom. The van der Waals surface area contributed by atoms with Crippen LogP contribution in [0.3, 0.4) is 0 Å². The molecule has 1 fully saturated rings. The zero-order valence-corrected chi connectivity index (χ0v) is 12.3. The summed E-state index contributed by atoms with van der Waals surface area (Å²) in [5.41, 5.74) is 0.447. The van der Waals surface area contributed by atoms with E-state index in [-0.39, 0.29) is 10.5 Å². The molecule has 1 heterocycles. The Bertz CT molecular complexity index is 602. The van der Waals surface area contributed by atoms with Gasteiger partial charge in [-0.2, -0.15) is 4.31 Å². The third-order valence-corrected chi connectivity index (χ3v) is 5.65. The van der Waals surface area contributed by atoms with Crippen LogP contribution < -0.4 is 5.11 Å². The first-order chi connectivity index (χ1) is 9.43. The highest BCUT2D eigenvalue weighted by molar-refractivity contribution is 7.89. The monoisotopic (exact) mass is 296 g/mol. The molecule has 6 heteroatoms. The molecule has 0 aromatic heterocycles. The van der Waals surface area contributed by atoms with Gasteiger partial charge in [-0.15, -0.1) is 0 Å². The summed E-state index contributed by atoms with van der Waals surface area (Å²) in [6, 6.07) is 4.08. The van der Waals surface area contributed by atoms with Crippen LogP contribution in [0.15, 0.2) is 23.1 Å². The van der Waals surface area contributed by atoms with Crippen molar-refractivity contribution in [3.63, 3.8) is 0 Å². The molecule has 0 saturated carbocycles. The molecule has 20 heavy (non-hydrogen) atoms. The van der Waals surface area contributed by atoms with Crippen LogP contribution in [0.5, 0.6) is 0 Å². The molecule has 5 nitrogen and oxygen atoms in total. The van der Waals surface area contributed by atoms with Gasteiger partial charge in [-0.3, -0.25) is 0 Å². The standard InChI is InChI=1S/C14H19NO4S/c1-11-6-7-12(14(16)17)10-13(11)20(18,19)15-8-4-2-3-5-9-15/h6-7,10H,2-5,8-9H2,1H3,(H,16,17)/p-1. The molecule has 0 spiro atoms. The van der Waals surface area contributed by atoms with Crippen molar-refractivity contribution in [1.82, 2.24) is 4.31 Å². The molecule has 0 N–H and O–H groups in total. The van der Waals surface area contributed by atoms with E-state index in [4.69, 9.17) is 0 Å². The third-order valence-electron chi connectivity index (χ3n) is 3.61. The van der Waals surface area contributed by atoms with E-state index < -0.39 is 16.0 Å². The van der Waals surface area contributed by atoms with Crippen LogP contribution in [-0.2, 0) is 10.0 Å². The van der Waals surface area contributed by atoms with E-state index in [0.717, 1.165) is 25.7 Å². The van der Waals surface area contributed by atoms with Gasteiger partial charge in [0, 0.05) is 13.1 Å². The lowest BCUT2D eigenvalue weighted by Gasteiger charge is -2.21. The van der Waals surface area contributed by atoms with Gasteiger partial charge in [0.2, 0.25) is 10.0 Å². The minimum absolute atomic E-state index is 0.0705. The molecule has 1 saturated heterocycles. The summed E-state index contributed by atoms with van der Waals surface area (Å²) in [5, 5.41) is 10.9. The molecule has 0 aliphatic carbocycles. The number of nitrogens with zero attached hydrogens (tertiary/aromatic N) is 1. The summed E-state index contributed by atoms with van der Waals surface area (Å²) >= 11 is 0. The Labute approximate surface area is 119 Å². The van der Waals surface area contributed by atoms with Crippen LogP contribution in [0.4, 0.5) is 0 Å². The molecule has 0 radical (unpaired) electrons. The van der Waals surface area contributed by atoms with E-state index in [1.807, 2.05) is 0 Å². The molecule has 1 aromatic rings. The first-order valence-electron chi connectivity index (χ1n) is 6.75. The van der Waals surface area contributed by atoms with Crippen LogP contribution in [0, 0.1) is 6.92 Å². The van der Waals surface area contributed by atoms with Crippen molar-refractivity contribution in [2.75, 3.05) is 13.1 Å². The van der Waals surface area contributed by atoms with Gasteiger partial charge in [-0.05, 0) is 37.0 Å². The van der Waals surface area contributed by atoms with Crippen molar-refractivity contribution in [3.8, 4) is 0 Å². The van der Waals surface area contributed by atoms with Crippen molar-refractivity contribution >= 4 is 16.0 Å². The van der Waals surface area contributed by atoms with E-state index in [9.17, 15) is 18.3 Å². The third kappa shape index (κ3) is 3.02. The van der Waals surface area contributed by atoms with E-state index in [1.165, 1.54) is 22.5 Å². The summed E-state index contributed by atoms with van der Waals surface area (Å²) in [7, 11) is -3.63. The highest BCUT2D eigenvalue weighted by Crippen LogP contribution is 2.24. The second kappa shape index (κ2) is 5.93. The fraction of sp³-hybridized carbons (Fsp3) is 0.500. The van der Waals surface area contributed by atoms with E-state index in [0.29, 0.717) is 18.7 Å².